The van der Waals surface area contributed by atoms with Crippen LogP contribution in [0.4, 0.5) is 0 Å². The number of benzene rings is 10. The molecule has 3 heteroatoms. The quantitative estimate of drug-likeness (QED) is 0.125. The Labute approximate surface area is 352 Å². The van der Waals surface area contributed by atoms with Crippen LogP contribution in [0.15, 0.2) is 223 Å². The molecule has 0 bridgehead atoms. The SMILES string of the molecule is c1ccc(-c2nc(-c3ccc(-c4ccc(-c5c6ccccc6cc6c5ccc5ccccc56)c5ccccc45)cc3)cc(-c3ccccc3-c3cc4ccccc4o3)n2)cc1. The minimum absolute atomic E-state index is 0.673. The van der Waals surface area contributed by atoms with Gasteiger partial charge in [-0.25, -0.2) is 9.97 Å². The van der Waals surface area contributed by atoms with Crippen molar-refractivity contribution in [2.75, 3.05) is 0 Å². The van der Waals surface area contributed by atoms with Crippen molar-refractivity contribution in [2.24, 2.45) is 0 Å². The molecule has 0 aliphatic carbocycles. The van der Waals surface area contributed by atoms with E-state index in [1.165, 1.54) is 59.8 Å². The Balaban J connectivity index is 0.980. The zero-order valence-corrected chi connectivity index (χ0v) is 33.1. The second-order valence-electron chi connectivity index (χ2n) is 15.7. The summed E-state index contributed by atoms with van der Waals surface area (Å²) in [6, 6.07) is 77.6. The molecule has 0 saturated heterocycles. The topological polar surface area (TPSA) is 38.9 Å². The van der Waals surface area contributed by atoms with E-state index in [1.54, 1.807) is 0 Å². The lowest BCUT2D eigenvalue weighted by molar-refractivity contribution is 0.632. The number of hydrogen-bond donors (Lipinski definition) is 0. The summed E-state index contributed by atoms with van der Waals surface area (Å²) in [5.74, 6) is 1.48. The van der Waals surface area contributed by atoms with Crippen molar-refractivity contribution in [2.45, 2.75) is 0 Å². The molecule has 284 valence electrons. The second-order valence-corrected chi connectivity index (χ2v) is 15.7. The minimum Gasteiger partial charge on any atom is -0.456 e. The fourth-order valence-electron chi connectivity index (χ4n) is 9.19. The number of furan rings is 1. The fourth-order valence-corrected chi connectivity index (χ4v) is 9.19. The molecule has 3 nitrogen and oxygen atoms in total. The summed E-state index contributed by atoms with van der Waals surface area (Å²) in [5, 5.41) is 11.1. The highest BCUT2D eigenvalue weighted by atomic mass is 16.3. The molecular formula is C58H36N2O. The number of para-hydroxylation sites is 1. The Kier molecular flexibility index (Phi) is 8.17. The van der Waals surface area contributed by atoms with Crippen molar-refractivity contribution < 1.29 is 4.42 Å². The van der Waals surface area contributed by atoms with E-state index >= 15 is 0 Å². The van der Waals surface area contributed by atoms with Gasteiger partial charge in [0.1, 0.15) is 11.3 Å². The van der Waals surface area contributed by atoms with Gasteiger partial charge in [-0.1, -0.05) is 194 Å². The van der Waals surface area contributed by atoms with Gasteiger partial charge in [-0.3, -0.25) is 0 Å². The van der Waals surface area contributed by atoms with Crippen molar-refractivity contribution >= 4 is 54.1 Å². The van der Waals surface area contributed by atoms with Crippen LogP contribution in [0.2, 0.25) is 0 Å². The highest BCUT2D eigenvalue weighted by Gasteiger charge is 2.19. The molecule has 0 aliphatic heterocycles. The lowest BCUT2D eigenvalue weighted by Gasteiger charge is -2.17. The zero-order chi connectivity index (χ0) is 40.3. The number of hydrogen-bond acceptors (Lipinski definition) is 3. The molecule has 12 rings (SSSR count). The lowest BCUT2D eigenvalue weighted by atomic mass is 9.86. The Morgan fingerprint density at radius 1 is 0.295 bits per heavy atom. The van der Waals surface area contributed by atoms with Gasteiger partial charge in [-0.15, -0.1) is 0 Å². The molecule has 0 aliphatic rings. The van der Waals surface area contributed by atoms with Gasteiger partial charge >= 0.3 is 0 Å². The molecule has 12 aromatic rings. The smallest absolute Gasteiger partial charge is 0.160 e. The van der Waals surface area contributed by atoms with Crippen LogP contribution in [0, 0.1) is 0 Å². The first-order valence-corrected chi connectivity index (χ1v) is 20.7. The van der Waals surface area contributed by atoms with Crippen molar-refractivity contribution in [3.63, 3.8) is 0 Å². The average Bonchev–Trinajstić information content (AvgIpc) is 3.78. The molecule has 0 unspecified atom stereocenters. The van der Waals surface area contributed by atoms with Gasteiger partial charge in [0.25, 0.3) is 0 Å². The van der Waals surface area contributed by atoms with Crippen LogP contribution in [0.25, 0.3) is 122 Å². The van der Waals surface area contributed by atoms with Crippen LogP contribution < -0.4 is 0 Å². The van der Waals surface area contributed by atoms with Crippen LogP contribution in [0.5, 0.6) is 0 Å². The maximum absolute atomic E-state index is 6.37. The van der Waals surface area contributed by atoms with Gasteiger partial charge in [0, 0.05) is 27.6 Å². The summed E-state index contributed by atoms with van der Waals surface area (Å²) in [4.78, 5) is 10.3. The van der Waals surface area contributed by atoms with Crippen molar-refractivity contribution in [3.8, 4) is 67.5 Å². The van der Waals surface area contributed by atoms with Gasteiger partial charge in [-0.05, 0) is 89.6 Å². The fraction of sp³-hybridized carbons (Fsp3) is 0. The summed E-state index contributed by atoms with van der Waals surface area (Å²) in [5.41, 5.74) is 11.3. The van der Waals surface area contributed by atoms with E-state index in [9.17, 15) is 0 Å². The molecule has 0 atom stereocenters. The van der Waals surface area contributed by atoms with E-state index < -0.39 is 0 Å². The monoisotopic (exact) mass is 776 g/mol. The number of rotatable bonds is 6. The Morgan fingerprint density at radius 2 is 0.902 bits per heavy atom. The standard InChI is InChI=1S/C58H36N2O/c1-2-15-40(16-3-1)58-59-53(36-54(60-58)48-23-11-12-24-49(48)56-35-42-18-6-13-25-55(42)61-56)39-28-26-38(27-29-39)44-32-33-50(47-22-10-9-21-46(44)47)57-45-20-8-5-17-41(45)34-52-43-19-7-4-14-37(43)30-31-51(52)57/h1-36H. The van der Waals surface area contributed by atoms with Gasteiger partial charge in [0.05, 0.1) is 11.4 Å². The van der Waals surface area contributed by atoms with E-state index in [4.69, 9.17) is 14.4 Å². The maximum Gasteiger partial charge on any atom is 0.160 e. The normalized spacial score (nSPS) is 11.6. The summed E-state index contributed by atoms with van der Waals surface area (Å²) in [6.45, 7) is 0. The second kappa shape index (κ2) is 14.3. The Hall–Kier alpha value is -8.14. The summed E-state index contributed by atoms with van der Waals surface area (Å²) in [7, 11) is 0. The summed E-state index contributed by atoms with van der Waals surface area (Å²) >= 11 is 0. The first-order valence-electron chi connectivity index (χ1n) is 20.7. The predicted molar refractivity (Wildman–Crippen MR) is 254 cm³/mol. The molecule has 0 radical (unpaired) electrons. The predicted octanol–water partition coefficient (Wildman–Crippen LogP) is 15.8. The van der Waals surface area contributed by atoms with Crippen molar-refractivity contribution in [1.82, 2.24) is 9.97 Å². The molecule has 0 N–H and O–H groups in total. The molecule has 0 saturated carbocycles. The largest absolute Gasteiger partial charge is 0.456 e. The van der Waals surface area contributed by atoms with Gasteiger partial charge in [0.15, 0.2) is 5.82 Å². The lowest BCUT2D eigenvalue weighted by Crippen LogP contribution is -1.97. The number of nitrogens with zero attached hydrogens (tertiary/aromatic N) is 2. The third-order valence-electron chi connectivity index (χ3n) is 12.1. The first kappa shape index (κ1) is 34.9. The van der Waals surface area contributed by atoms with E-state index in [1.807, 2.05) is 42.5 Å². The third kappa shape index (κ3) is 5.98. The Morgan fingerprint density at radius 3 is 1.70 bits per heavy atom. The summed E-state index contributed by atoms with van der Waals surface area (Å²) < 4.78 is 6.37. The molecule has 2 heterocycles. The molecule has 2 aromatic heterocycles. The highest BCUT2D eigenvalue weighted by Crippen LogP contribution is 2.44. The molecule has 0 fully saturated rings. The number of aromatic nitrogens is 2. The molecule has 0 spiro atoms. The highest BCUT2D eigenvalue weighted by molar-refractivity contribution is 6.23. The van der Waals surface area contributed by atoms with Crippen molar-refractivity contribution in [3.05, 3.63) is 218 Å². The van der Waals surface area contributed by atoms with E-state index in [2.05, 4.69) is 176 Å². The van der Waals surface area contributed by atoms with Crippen molar-refractivity contribution in [1.29, 1.82) is 0 Å². The van der Waals surface area contributed by atoms with Gasteiger partial charge in [-0.2, -0.15) is 0 Å². The molecule has 0 amide bonds. The van der Waals surface area contributed by atoms with Crippen LogP contribution >= 0.6 is 0 Å². The zero-order valence-electron chi connectivity index (χ0n) is 33.1. The van der Waals surface area contributed by atoms with E-state index in [0.717, 1.165) is 55.9 Å². The minimum atomic E-state index is 0.673. The molecular weight excluding hydrogens is 741 g/mol. The van der Waals surface area contributed by atoms with Gasteiger partial charge in [0.2, 0.25) is 0 Å². The summed E-state index contributed by atoms with van der Waals surface area (Å²) in [6.07, 6.45) is 0. The van der Waals surface area contributed by atoms with Crippen LogP contribution in [-0.2, 0) is 0 Å². The molecule has 10 aromatic carbocycles. The third-order valence-corrected chi connectivity index (χ3v) is 12.1. The van der Waals surface area contributed by atoms with E-state index in [-0.39, 0.29) is 0 Å². The van der Waals surface area contributed by atoms with Crippen LogP contribution in [-0.4, -0.2) is 9.97 Å². The maximum atomic E-state index is 6.37. The average molecular weight is 777 g/mol. The molecule has 61 heavy (non-hydrogen) atoms. The first-order chi connectivity index (χ1) is 30.2. The van der Waals surface area contributed by atoms with Crippen LogP contribution in [0.1, 0.15) is 0 Å². The number of fused-ring (bicyclic) bond motifs is 6. The van der Waals surface area contributed by atoms with Crippen LogP contribution in [0.3, 0.4) is 0 Å². The Bertz CT molecular complexity index is 3610. The van der Waals surface area contributed by atoms with E-state index in [0.29, 0.717) is 5.82 Å². The van der Waals surface area contributed by atoms with Gasteiger partial charge < -0.3 is 4.42 Å².